The molecule has 1 fully saturated rings. The minimum absolute atomic E-state index is 0.0663. The fraction of sp³-hybridized carbons (Fsp3) is 0.267. The molecule has 0 aliphatic carbocycles. The maximum Gasteiger partial charge on any atom is 0.224 e. The molecule has 2 amide bonds. The number of rotatable bonds is 8. The molecule has 2 heterocycles. The van der Waals surface area contributed by atoms with Gasteiger partial charge in [-0.25, -0.2) is 4.39 Å². The van der Waals surface area contributed by atoms with Crippen LogP contribution in [0.5, 0.6) is 0 Å². The minimum atomic E-state index is -0.280. The van der Waals surface area contributed by atoms with Crippen LogP contribution in [-0.4, -0.2) is 34.8 Å². The van der Waals surface area contributed by atoms with Crippen molar-refractivity contribution in [2.24, 2.45) is 11.7 Å². The quantitative estimate of drug-likeness (QED) is 0.310. The van der Waals surface area contributed by atoms with Gasteiger partial charge in [0.1, 0.15) is 5.82 Å². The summed E-state index contributed by atoms with van der Waals surface area (Å²) < 4.78 is 13.5. The Kier molecular flexibility index (Phi) is 7.32. The Hall–Kier alpha value is -3.97. The number of aromatic nitrogens is 1. The van der Waals surface area contributed by atoms with Crippen molar-refractivity contribution in [2.45, 2.75) is 32.2 Å². The van der Waals surface area contributed by atoms with E-state index in [0.717, 1.165) is 64.9 Å². The van der Waals surface area contributed by atoms with Crippen LogP contribution in [-0.2, 0) is 22.6 Å². The summed E-state index contributed by atoms with van der Waals surface area (Å²) in [6.07, 6.45) is 2.71. The van der Waals surface area contributed by atoms with E-state index in [1.165, 1.54) is 12.1 Å². The Morgan fingerprint density at radius 1 is 1.03 bits per heavy atom. The summed E-state index contributed by atoms with van der Waals surface area (Å²) in [6.45, 7) is 2.41. The van der Waals surface area contributed by atoms with Gasteiger partial charge in [0.15, 0.2) is 0 Å². The highest BCUT2D eigenvalue weighted by atomic mass is 19.1. The first-order valence-corrected chi connectivity index (χ1v) is 12.7. The number of carbonyl (C=O) groups is 2. The second-order valence-corrected chi connectivity index (χ2v) is 9.75. The summed E-state index contributed by atoms with van der Waals surface area (Å²) in [5, 5.41) is 4.06. The molecular weight excluding hydrogens is 467 g/mol. The number of nitrogens with zero attached hydrogens (tertiary/aromatic N) is 1. The number of piperidine rings is 1. The van der Waals surface area contributed by atoms with E-state index in [1.807, 2.05) is 48.5 Å². The van der Waals surface area contributed by atoms with Crippen molar-refractivity contribution in [1.82, 2.24) is 9.88 Å². The molecule has 1 aromatic heterocycles. The van der Waals surface area contributed by atoms with Crippen molar-refractivity contribution < 1.29 is 14.0 Å². The van der Waals surface area contributed by atoms with Crippen LogP contribution in [0.3, 0.4) is 0 Å². The number of anilines is 1. The number of amides is 2. The number of halogens is 1. The number of benzene rings is 3. The smallest absolute Gasteiger partial charge is 0.224 e. The predicted octanol–water partition coefficient (Wildman–Crippen LogP) is 5.24. The van der Waals surface area contributed by atoms with Crippen molar-refractivity contribution in [3.63, 3.8) is 0 Å². The molecule has 0 spiro atoms. The van der Waals surface area contributed by atoms with Gasteiger partial charge in [-0.2, -0.15) is 0 Å². The molecule has 37 heavy (non-hydrogen) atoms. The molecule has 1 saturated heterocycles. The first-order valence-electron chi connectivity index (χ1n) is 12.7. The normalized spacial score (nSPS) is 16.1. The van der Waals surface area contributed by atoms with Gasteiger partial charge in [0.05, 0.1) is 5.92 Å². The highest BCUT2D eigenvalue weighted by Crippen LogP contribution is 2.31. The fourth-order valence-corrected chi connectivity index (χ4v) is 5.17. The standard InChI is InChI=1S/C30H31FN4O2/c31-23-11-9-21(10-12-23)29-26(25-5-1-2-6-27(25)34-29)15-16-28(36)33-24-13-7-20(8-14-24)18-35-17-3-4-22(19-35)30(32)37/h1-2,5-14,22,34H,3-4,15-19H2,(H2,32,37)(H,33,36). The van der Waals surface area contributed by atoms with Gasteiger partial charge in [-0.1, -0.05) is 30.3 Å². The lowest BCUT2D eigenvalue weighted by Gasteiger charge is -2.31. The zero-order valence-corrected chi connectivity index (χ0v) is 20.7. The number of aryl methyl sites for hydroxylation is 1. The average Bonchev–Trinajstić information content (AvgIpc) is 3.28. The van der Waals surface area contributed by atoms with Gasteiger partial charge < -0.3 is 16.0 Å². The Morgan fingerprint density at radius 3 is 2.54 bits per heavy atom. The molecule has 0 radical (unpaired) electrons. The molecule has 4 aromatic rings. The largest absolute Gasteiger partial charge is 0.369 e. The zero-order chi connectivity index (χ0) is 25.8. The summed E-state index contributed by atoms with van der Waals surface area (Å²) in [6, 6.07) is 22.2. The lowest BCUT2D eigenvalue weighted by Crippen LogP contribution is -2.40. The molecule has 1 atom stereocenters. The maximum absolute atomic E-state index is 13.5. The van der Waals surface area contributed by atoms with Crippen molar-refractivity contribution in [1.29, 1.82) is 0 Å². The SMILES string of the molecule is NC(=O)C1CCCN(Cc2ccc(NC(=O)CCc3c(-c4ccc(F)cc4)[nH]c4ccccc34)cc2)C1. The number of para-hydroxylation sites is 1. The Labute approximate surface area is 215 Å². The molecule has 4 N–H and O–H groups in total. The zero-order valence-electron chi connectivity index (χ0n) is 20.7. The summed E-state index contributed by atoms with van der Waals surface area (Å²) in [7, 11) is 0. The van der Waals surface area contributed by atoms with Crippen LogP contribution in [0.2, 0.25) is 0 Å². The molecule has 3 aromatic carbocycles. The van der Waals surface area contributed by atoms with Gasteiger partial charge in [0.2, 0.25) is 11.8 Å². The lowest BCUT2D eigenvalue weighted by atomic mass is 9.97. The summed E-state index contributed by atoms with van der Waals surface area (Å²) in [5.74, 6) is -0.644. The second kappa shape index (κ2) is 11.0. The summed E-state index contributed by atoms with van der Waals surface area (Å²) in [5.41, 5.74) is 11.2. The molecule has 6 nitrogen and oxygen atoms in total. The molecular formula is C30H31FN4O2. The van der Waals surface area contributed by atoms with E-state index in [2.05, 4.69) is 15.2 Å². The van der Waals surface area contributed by atoms with Crippen LogP contribution >= 0.6 is 0 Å². The monoisotopic (exact) mass is 498 g/mol. The average molecular weight is 499 g/mol. The van der Waals surface area contributed by atoms with Crippen LogP contribution < -0.4 is 11.1 Å². The number of fused-ring (bicyclic) bond motifs is 1. The second-order valence-electron chi connectivity index (χ2n) is 9.75. The number of likely N-dealkylation sites (tertiary alicyclic amines) is 1. The van der Waals surface area contributed by atoms with Gasteiger partial charge in [0.25, 0.3) is 0 Å². The van der Waals surface area contributed by atoms with Crippen LogP contribution in [0.4, 0.5) is 10.1 Å². The minimum Gasteiger partial charge on any atom is -0.369 e. The van der Waals surface area contributed by atoms with E-state index in [-0.39, 0.29) is 23.5 Å². The van der Waals surface area contributed by atoms with E-state index in [0.29, 0.717) is 19.4 Å². The van der Waals surface area contributed by atoms with Crippen LogP contribution in [0.1, 0.15) is 30.4 Å². The van der Waals surface area contributed by atoms with Crippen LogP contribution in [0.25, 0.3) is 22.2 Å². The van der Waals surface area contributed by atoms with Crippen molar-refractivity contribution in [3.8, 4) is 11.3 Å². The number of hydrogen-bond acceptors (Lipinski definition) is 3. The molecule has 190 valence electrons. The topological polar surface area (TPSA) is 91.2 Å². The van der Waals surface area contributed by atoms with Crippen molar-refractivity contribution in [3.05, 3.63) is 89.7 Å². The number of hydrogen-bond donors (Lipinski definition) is 3. The van der Waals surface area contributed by atoms with Gasteiger partial charge in [-0.3, -0.25) is 14.5 Å². The van der Waals surface area contributed by atoms with Gasteiger partial charge in [-0.05, 0) is 85.0 Å². The molecule has 1 unspecified atom stereocenters. The number of H-pyrrole nitrogens is 1. The predicted molar refractivity (Wildman–Crippen MR) is 144 cm³/mol. The fourth-order valence-electron chi connectivity index (χ4n) is 5.17. The van der Waals surface area contributed by atoms with E-state index in [9.17, 15) is 14.0 Å². The summed E-state index contributed by atoms with van der Waals surface area (Å²) >= 11 is 0. The Balaban J connectivity index is 1.22. The van der Waals surface area contributed by atoms with Crippen LogP contribution in [0, 0.1) is 11.7 Å². The number of primary amides is 1. The Morgan fingerprint density at radius 2 is 1.78 bits per heavy atom. The molecule has 1 aliphatic rings. The molecule has 0 saturated carbocycles. The molecule has 0 bridgehead atoms. The molecule has 1 aliphatic heterocycles. The van der Waals surface area contributed by atoms with Gasteiger partial charge >= 0.3 is 0 Å². The maximum atomic E-state index is 13.5. The van der Waals surface area contributed by atoms with Gasteiger partial charge in [0, 0.05) is 41.8 Å². The first-order chi connectivity index (χ1) is 18.0. The van der Waals surface area contributed by atoms with E-state index < -0.39 is 0 Å². The molecule has 5 rings (SSSR count). The van der Waals surface area contributed by atoms with Crippen LogP contribution in [0.15, 0.2) is 72.8 Å². The van der Waals surface area contributed by atoms with Crippen molar-refractivity contribution >= 4 is 28.4 Å². The third kappa shape index (κ3) is 5.89. The number of nitrogens with two attached hydrogens (primary N) is 1. The number of carbonyl (C=O) groups excluding carboxylic acids is 2. The van der Waals surface area contributed by atoms with Gasteiger partial charge in [-0.15, -0.1) is 0 Å². The van der Waals surface area contributed by atoms with E-state index in [1.54, 1.807) is 12.1 Å². The molecule has 7 heteroatoms. The Bertz CT molecular complexity index is 1400. The third-order valence-corrected chi connectivity index (χ3v) is 7.10. The third-order valence-electron chi connectivity index (χ3n) is 7.10. The van der Waals surface area contributed by atoms with Crippen molar-refractivity contribution in [2.75, 3.05) is 18.4 Å². The lowest BCUT2D eigenvalue weighted by molar-refractivity contribution is -0.123. The highest BCUT2D eigenvalue weighted by Gasteiger charge is 2.23. The highest BCUT2D eigenvalue weighted by molar-refractivity contribution is 5.94. The van der Waals surface area contributed by atoms with E-state index in [4.69, 9.17) is 5.73 Å². The van der Waals surface area contributed by atoms with E-state index >= 15 is 0 Å². The number of aromatic amines is 1. The summed E-state index contributed by atoms with van der Waals surface area (Å²) in [4.78, 5) is 30.0. The number of nitrogens with one attached hydrogen (secondary N) is 2. The first kappa shape index (κ1) is 24.7.